The van der Waals surface area contributed by atoms with Crippen molar-refractivity contribution < 1.29 is 9.53 Å². The number of rotatable bonds is 3. The fraction of sp³-hybridized carbons (Fsp3) is 0.182. The Morgan fingerprint density at radius 1 is 1.43 bits per heavy atom. The normalized spacial score (nSPS) is 10.4. The Labute approximate surface area is 91.7 Å². The molecule has 14 heavy (non-hydrogen) atoms. The van der Waals surface area contributed by atoms with Crippen LogP contribution in [-0.4, -0.2) is 13.1 Å². The molecule has 0 aromatic heterocycles. The molecule has 0 heterocycles. The number of methoxy groups -OCH3 is 1. The van der Waals surface area contributed by atoms with Crippen LogP contribution in [0.1, 0.15) is 5.56 Å². The maximum atomic E-state index is 10.7. The summed E-state index contributed by atoms with van der Waals surface area (Å²) in [7, 11) is 1.37. The van der Waals surface area contributed by atoms with Crippen LogP contribution >= 0.6 is 15.9 Å². The summed E-state index contributed by atoms with van der Waals surface area (Å²) in [5, 5.41) is 0. The van der Waals surface area contributed by atoms with Gasteiger partial charge in [-0.1, -0.05) is 34.1 Å². The summed E-state index contributed by atoms with van der Waals surface area (Å²) in [5.74, 6) is -0.317. The molecule has 3 heteroatoms. The Hall–Kier alpha value is -1.09. The number of benzene rings is 1. The first-order chi connectivity index (χ1) is 6.72. The summed E-state index contributed by atoms with van der Waals surface area (Å²) in [6, 6.07) is 7.96. The number of carbonyl (C=O) groups is 1. The molecular formula is C11H11BrO2. The van der Waals surface area contributed by atoms with Crippen molar-refractivity contribution >= 4 is 21.9 Å². The third kappa shape index (κ3) is 3.75. The van der Waals surface area contributed by atoms with E-state index >= 15 is 0 Å². The molecule has 0 saturated carbocycles. The molecule has 0 bridgehead atoms. The SMILES string of the molecule is COC(=O)/C=C\Cc1ccc(Br)cc1. The largest absolute Gasteiger partial charge is 0.466 e. The van der Waals surface area contributed by atoms with Gasteiger partial charge >= 0.3 is 5.97 Å². The van der Waals surface area contributed by atoms with Gasteiger partial charge in [0.2, 0.25) is 0 Å². The molecule has 0 fully saturated rings. The smallest absolute Gasteiger partial charge is 0.330 e. The predicted molar refractivity (Wildman–Crippen MR) is 59.0 cm³/mol. The van der Waals surface area contributed by atoms with Crippen molar-refractivity contribution in [1.82, 2.24) is 0 Å². The van der Waals surface area contributed by atoms with E-state index in [1.165, 1.54) is 13.2 Å². The molecule has 1 aromatic rings. The topological polar surface area (TPSA) is 26.3 Å². The highest BCUT2D eigenvalue weighted by atomic mass is 79.9. The summed E-state index contributed by atoms with van der Waals surface area (Å²) in [6.07, 6.45) is 3.96. The molecule has 0 aliphatic rings. The van der Waals surface area contributed by atoms with E-state index in [9.17, 15) is 4.79 Å². The molecule has 0 radical (unpaired) electrons. The number of ether oxygens (including phenoxy) is 1. The molecule has 0 amide bonds. The monoisotopic (exact) mass is 254 g/mol. The standard InChI is InChI=1S/C11H11BrO2/c1-14-11(13)4-2-3-9-5-7-10(12)8-6-9/h2,4-8H,3H2,1H3/b4-2-. The molecule has 0 aliphatic carbocycles. The van der Waals surface area contributed by atoms with Gasteiger partial charge in [-0.15, -0.1) is 0 Å². The van der Waals surface area contributed by atoms with Gasteiger partial charge < -0.3 is 4.74 Å². The number of allylic oxidation sites excluding steroid dienone is 1. The van der Waals surface area contributed by atoms with Crippen LogP contribution in [0, 0.1) is 0 Å². The lowest BCUT2D eigenvalue weighted by atomic mass is 10.1. The Kier molecular flexibility index (Phi) is 4.40. The number of halogens is 1. The average molecular weight is 255 g/mol. The molecule has 2 nitrogen and oxygen atoms in total. The van der Waals surface area contributed by atoms with E-state index in [4.69, 9.17) is 0 Å². The maximum absolute atomic E-state index is 10.7. The molecule has 0 spiro atoms. The lowest BCUT2D eigenvalue weighted by Crippen LogP contribution is -1.93. The third-order valence-corrected chi connectivity index (χ3v) is 2.25. The van der Waals surface area contributed by atoms with Gasteiger partial charge in [-0.05, 0) is 24.1 Å². The van der Waals surface area contributed by atoms with Crippen LogP contribution in [0.25, 0.3) is 0 Å². The van der Waals surface area contributed by atoms with Crippen molar-refractivity contribution in [2.24, 2.45) is 0 Å². The van der Waals surface area contributed by atoms with Crippen LogP contribution in [0.5, 0.6) is 0 Å². The molecule has 0 atom stereocenters. The summed E-state index contributed by atoms with van der Waals surface area (Å²) in [6.45, 7) is 0. The lowest BCUT2D eigenvalue weighted by molar-refractivity contribution is -0.134. The zero-order valence-electron chi connectivity index (χ0n) is 7.87. The molecule has 0 N–H and O–H groups in total. The lowest BCUT2D eigenvalue weighted by Gasteiger charge is -1.96. The Bertz CT molecular complexity index is 328. The van der Waals surface area contributed by atoms with E-state index in [2.05, 4.69) is 20.7 Å². The van der Waals surface area contributed by atoms with Gasteiger partial charge in [-0.2, -0.15) is 0 Å². The van der Waals surface area contributed by atoms with E-state index in [1.54, 1.807) is 6.08 Å². The van der Waals surface area contributed by atoms with Gasteiger partial charge in [-0.3, -0.25) is 0 Å². The highest BCUT2D eigenvalue weighted by Crippen LogP contribution is 2.10. The zero-order valence-corrected chi connectivity index (χ0v) is 9.45. The second-order valence-corrected chi connectivity index (χ2v) is 3.67. The minimum Gasteiger partial charge on any atom is -0.466 e. The van der Waals surface area contributed by atoms with Crippen molar-refractivity contribution in [3.05, 3.63) is 46.5 Å². The number of esters is 1. The molecular weight excluding hydrogens is 244 g/mol. The van der Waals surface area contributed by atoms with Crippen LogP contribution in [0.2, 0.25) is 0 Å². The van der Waals surface area contributed by atoms with Crippen molar-refractivity contribution in [2.45, 2.75) is 6.42 Å². The van der Waals surface area contributed by atoms with Crippen molar-refractivity contribution in [1.29, 1.82) is 0 Å². The predicted octanol–water partition coefficient (Wildman–Crippen LogP) is 2.72. The molecule has 74 valence electrons. The van der Waals surface area contributed by atoms with Crippen LogP contribution < -0.4 is 0 Å². The first kappa shape index (κ1) is 11.0. The summed E-state index contributed by atoms with van der Waals surface area (Å²) in [4.78, 5) is 10.7. The second-order valence-electron chi connectivity index (χ2n) is 2.76. The summed E-state index contributed by atoms with van der Waals surface area (Å²) < 4.78 is 5.53. The fourth-order valence-electron chi connectivity index (χ4n) is 0.980. The van der Waals surface area contributed by atoms with Gasteiger partial charge in [0, 0.05) is 10.5 Å². The Morgan fingerprint density at radius 3 is 2.64 bits per heavy atom. The zero-order chi connectivity index (χ0) is 10.4. The third-order valence-electron chi connectivity index (χ3n) is 1.72. The summed E-state index contributed by atoms with van der Waals surface area (Å²) >= 11 is 3.36. The van der Waals surface area contributed by atoms with E-state index < -0.39 is 0 Å². The number of carbonyl (C=O) groups excluding carboxylic acids is 1. The number of hydrogen-bond donors (Lipinski definition) is 0. The van der Waals surface area contributed by atoms with Gasteiger partial charge in [0.15, 0.2) is 0 Å². The maximum Gasteiger partial charge on any atom is 0.330 e. The minimum atomic E-state index is -0.317. The Morgan fingerprint density at radius 2 is 2.07 bits per heavy atom. The molecule has 0 aliphatic heterocycles. The van der Waals surface area contributed by atoms with Gasteiger partial charge in [0.1, 0.15) is 0 Å². The fourth-order valence-corrected chi connectivity index (χ4v) is 1.24. The quantitative estimate of drug-likeness (QED) is 0.613. The molecule has 0 unspecified atom stereocenters. The first-order valence-corrected chi connectivity index (χ1v) is 5.00. The van der Waals surface area contributed by atoms with Gasteiger partial charge in [0.05, 0.1) is 7.11 Å². The van der Waals surface area contributed by atoms with E-state index in [-0.39, 0.29) is 5.97 Å². The highest BCUT2D eigenvalue weighted by molar-refractivity contribution is 9.10. The molecule has 1 rings (SSSR count). The van der Waals surface area contributed by atoms with Gasteiger partial charge in [-0.25, -0.2) is 4.79 Å². The minimum absolute atomic E-state index is 0.317. The highest BCUT2D eigenvalue weighted by Gasteiger charge is 1.92. The van der Waals surface area contributed by atoms with Crippen LogP contribution in [0.15, 0.2) is 40.9 Å². The summed E-state index contributed by atoms with van der Waals surface area (Å²) in [5.41, 5.74) is 1.16. The molecule has 0 saturated heterocycles. The van der Waals surface area contributed by atoms with Crippen molar-refractivity contribution in [2.75, 3.05) is 7.11 Å². The Balaban J connectivity index is 2.49. The van der Waals surface area contributed by atoms with E-state index in [1.807, 2.05) is 24.3 Å². The van der Waals surface area contributed by atoms with Crippen molar-refractivity contribution in [3.63, 3.8) is 0 Å². The van der Waals surface area contributed by atoms with E-state index in [0.717, 1.165) is 16.5 Å². The van der Waals surface area contributed by atoms with Gasteiger partial charge in [0.25, 0.3) is 0 Å². The number of hydrogen-bond acceptors (Lipinski definition) is 2. The second kappa shape index (κ2) is 5.60. The van der Waals surface area contributed by atoms with E-state index in [0.29, 0.717) is 0 Å². The van der Waals surface area contributed by atoms with Crippen molar-refractivity contribution in [3.8, 4) is 0 Å². The van der Waals surface area contributed by atoms with Crippen LogP contribution in [0.3, 0.4) is 0 Å². The molecule has 1 aromatic carbocycles. The van der Waals surface area contributed by atoms with Crippen LogP contribution in [0.4, 0.5) is 0 Å². The average Bonchev–Trinajstić information content (AvgIpc) is 2.21. The van der Waals surface area contributed by atoms with Crippen LogP contribution in [-0.2, 0) is 16.0 Å². The first-order valence-electron chi connectivity index (χ1n) is 4.21.